The molecule has 1 heteroatoms. The summed E-state index contributed by atoms with van der Waals surface area (Å²) in [5, 5.41) is 13.2. The Morgan fingerprint density at radius 3 is 1.33 bits per heavy atom. The fraction of sp³-hybridized carbons (Fsp3) is 0.0222. The van der Waals surface area contributed by atoms with E-state index in [2.05, 4.69) is 164 Å². The molecule has 9 aromatic carbocycles. The molecular weight excluding hydrogens is 573 g/mol. The lowest BCUT2D eigenvalue weighted by Gasteiger charge is -2.33. The minimum Gasteiger partial charge on any atom is -0.0881 e. The monoisotopic (exact) mass is 600 g/mol. The van der Waals surface area contributed by atoms with E-state index in [4.69, 9.17) is 0 Å². The van der Waals surface area contributed by atoms with E-state index in [1.54, 1.807) is 0 Å². The molecule has 0 aliphatic carbocycles. The van der Waals surface area contributed by atoms with Gasteiger partial charge in [-0.15, -0.1) is 0 Å². The summed E-state index contributed by atoms with van der Waals surface area (Å²) in [6.07, 6.45) is 0. The molecule has 0 atom stereocenters. The van der Waals surface area contributed by atoms with Crippen LogP contribution in [0.15, 0.2) is 174 Å². The van der Waals surface area contributed by atoms with Crippen LogP contribution in [0, 0.1) is 0 Å². The molecule has 0 spiro atoms. The molecule has 214 valence electrons. The molecule has 46 heavy (non-hydrogen) atoms. The van der Waals surface area contributed by atoms with Crippen LogP contribution in [0.1, 0.15) is 22.6 Å². The van der Waals surface area contributed by atoms with Crippen LogP contribution in [0.2, 0.25) is 0 Å². The molecular formula is C45H28S. The van der Waals surface area contributed by atoms with Gasteiger partial charge in [0.2, 0.25) is 0 Å². The molecule has 0 bridgehead atoms. The van der Waals surface area contributed by atoms with Crippen molar-refractivity contribution in [2.75, 3.05) is 0 Å². The second kappa shape index (κ2) is 10.1. The highest BCUT2D eigenvalue weighted by molar-refractivity contribution is 8.00. The highest BCUT2D eigenvalue weighted by atomic mass is 32.2. The predicted octanol–water partition coefficient (Wildman–Crippen LogP) is 12.8. The Labute approximate surface area is 271 Å². The van der Waals surface area contributed by atoms with Gasteiger partial charge in [0, 0.05) is 15.7 Å². The first-order valence-electron chi connectivity index (χ1n) is 16.0. The van der Waals surface area contributed by atoms with E-state index < -0.39 is 0 Å². The summed E-state index contributed by atoms with van der Waals surface area (Å²) < 4.78 is 0. The summed E-state index contributed by atoms with van der Waals surface area (Å²) >= 11 is 1.97. The van der Waals surface area contributed by atoms with Gasteiger partial charge in [-0.2, -0.15) is 0 Å². The fourth-order valence-electron chi connectivity index (χ4n) is 7.90. The average Bonchev–Trinajstić information content (AvgIpc) is 3.14. The molecule has 1 aliphatic rings. The standard InChI is InChI=1S/C45H28S/c1-2-12-28(13-3-1)29-22-23-31-27-32(25-24-30(31)26-29)41-42-37-18-8-4-14-33(37)35-16-6-10-20-39(35)44(42)46-45-40-21-11-7-17-36(40)34-15-5-9-19-38(34)43(41)45/h1-27,41H. The second-order valence-electron chi connectivity index (χ2n) is 12.4. The van der Waals surface area contributed by atoms with Crippen molar-refractivity contribution < 1.29 is 0 Å². The zero-order chi connectivity index (χ0) is 30.2. The van der Waals surface area contributed by atoms with E-state index >= 15 is 0 Å². The molecule has 0 N–H and O–H groups in total. The first-order valence-corrected chi connectivity index (χ1v) is 16.8. The molecule has 0 aromatic heterocycles. The van der Waals surface area contributed by atoms with Gasteiger partial charge >= 0.3 is 0 Å². The van der Waals surface area contributed by atoms with Crippen LogP contribution in [0.4, 0.5) is 0 Å². The Hall–Kier alpha value is -5.37. The highest BCUT2D eigenvalue weighted by Crippen LogP contribution is 2.57. The van der Waals surface area contributed by atoms with Crippen molar-refractivity contribution in [2.24, 2.45) is 0 Å². The summed E-state index contributed by atoms with van der Waals surface area (Å²) in [4.78, 5) is 2.76. The predicted molar refractivity (Wildman–Crippen MR) is 197 cm³/mol. The molecule has 10 rings (SSSR count). The Bertz CT molecular complexity index is 2540. The van der Waals surface area contributed by atoms with E-state index in [1.165, 1.54) is 91.5 Å². The Morgan fingerprint density at radius 2 is 0.761 bits per heavy atom. The summed E-state index contributed by atoms with van der Waals surface area (Å²) in [5.74, 6) is 0.0773. The smallest absolute Gasteiger partial charge is 0.0375 e. The van der Waals surface area contributed by atoms with Gasteiger partial charge in [0.1, 0.15) is 0 Å². The van der Waals surface area contributed by atoms with Gasteiger partial charge in [-0.05, 0) is 87.7 Å². The minimum atomic E-state index is 0.0773. The van der Waals surface area contributed by atoms with Crippen LogP contribution in [0.3, 0.4) is 0 Å². The lowest BCUT2D eigenvalue weighted by Crippen LogP contribution is -2.13. The van der Waals surface area contributed by atoms with Crippen LogP contribution in [-0.4, -0.2) is 0 Å². The normalized spacial score (nSPS) is 13.0. The van der Waals surface area contributed by atoms with Crippen molar-refractivity contribution in [2.45, 2.75) is 15.7 Å². The van der Waals surface area contributed by atoms with E-state index in [0.29, 0.717) is 0 Å². The average molecular weight is 601 g/mol. The van der Waals surface area contributed by atoms with Crippen molar-refractivity contribution in [1.82, 2.24) is 0 Å². The zero-order valence-corrected chi connectivity index (χ0v) is 25.9. The van der Waals surface area contributed by atoms with Gasteiger partial charge in [0.25, 0.3) is 0 Å². The molecule has 1 heterocycles. The van der Waals surface area contributed by atoms with E-state index in [0.717, 1.165) is 0 Å². The third-order valence-corrected chi connectivity index (χ3v) is 11.2. The van der Waals surface area contributed by atoms with E-state index in [9.17, 15) is 0 Å². The van der Waals surface area contributed by atoms with Gasteiger partial charge in [0.15, 0.2) is 0 Å². The largest absolute Gasteiger partial charge is 0.0881 e. The van der Waals surface area contributed by atoms with Crippen LogP contribution in [0.5, 0.6) is 0 Å². The third kappa shape index (κ3) is 3.76. The van der Waals surface area contributed by atoms with E-state index in [1.807, 2.05) is 11.8 Å². The zero-order valence-electron chi connectivity index (χ0n) is 25.1. The van der Waals surface area contributed by atoms with Crippen LogP contribution >= 0.6 is 11.8 Å². The maximum absolute atomic E-state index is 2.45. The lowest BCUT2D eigenvalue weighted by atomic mass is 9.78. The SMILES string of the molecule is c1ccc(-c2ccc3cc(C4c5c(c6ccccc6c6ccccc56)Sc5c4c4ccccc4c4ccccc54)ccc3c2)cc1. The fourth-order valence-corrected chi connectivity index (χ4v) is 9.35. The lowest BCUT2D eigenvalue weighted by molar-refractivity contribution is 0.940. The van der Waals surface area contributed by atoms with Gasteiger partial charge in [-0.25, -0.2) is 0 Å². The molecule has 1 aliphatic heterocycles. The van der Waals surface area contributed by atoms with Crippen molar-refractivity contribution in [3.05, 3.63) is 180 Å². The van der Waals surface area contributed by atoms with Gasteiger partial charge in [0.05, 0.1) is 0 Å². The summed E-state index contributed by atoms with van der Waals surface area (Å²) in [7, 11) is 0. The molecule has 0 fully saturated rings. The van der Waals surface area contributed by atoms with E-state index in [-0.39, 0.29) is 5.92 Å². The highest BCUT2D eigenvalue weighted by Gasteiger charge is 2.34. The number of fused-ring (bicyclic) bond motifs is 13. The molecule has 0 saturated heterocycles. The van der Waals surface area contributed by atoms with Gasteiger partial charge in [-0.1, -0.05) is 169 Å². The maximum atomic E-state index is 2.45. The van der Waals surface area contributed by atoms with Crippen LogP contribution in [0.25, 0.3) is 65.0 Å². The van der Waals surface area contributed by atoms with Crippen molar-refractivity contribution in [1.29, 1.82) is 0 Å². The van der Waals surface area contributed by atoms with Crippen molar-refractivity contribution in [3.63, 3.8) is 0 Å². The Balaban J connectivity index is 1.33. The summed E-state index contributed by atoms with van der Waals surface area (Å²) in [6, 6.07) is 60.8. The molecule has 9 aromatic rings. The molecule has 0 unspecified atom stereocenters. The third-order valence-electron chi connectivity index (χ3n) is 9.93. The van der Waals surface area contributed by atoms with Crippen molar-refractivity contribution in [3.8, 4) is 11.1 Å². The number of hydrogen-bond acceptors (Lipinski definition) is 1. The minimum absolute atomic E-state index is 0.0773. The first-order chi connectivity index (χ1) is 22.8. The summed E-state index contributed by atoms with van der Waals surface area (Å²) in [5.41, 5.74) is 6.68. The number of hydrogen-bond donors (Lipinski definition) is 0. The maximum Gasteiger partial charge on any atom is 0.0375 e. The molecule has 0 radical (unpaired) electrons. The molecule has 0 nitrogen and oxygen atoms in total. The number of rotatable bonds is 2. The number of benzene rings is 9. The first kappa shape index (κ1) is 25.9. The van der Waals surface area contributed by atoms with Crippen LogP contribution < -0.4 is 0 Å². The quantitative estimate of drug-likeness (QED) is 0.178. The van der Waals surface area contributed by atoms with Crippen LogP contribution in [-0.2, 0) is 0 Å². The van der Waals surface area contributed by atoms with Gasteiger partial charge < -0.3 is 0 Å². The van der Waals surface area contributed by atoms with Gasteiger partial charge in [-0.3, -0.25) is 0 Å². The molecule has 0 amide bonds. The Kier molecular flexibility index (Phi) is 5.67. The second-order valence-corrected chi connectivity index (χ2v) is 13.4. The van der Waals surface area contributed by atoms with Crippen molar-refractivity contribution >= 4 is 65.6 Å². The summed E-state index contributed by atoms with van der Waals surface area (Å²) in [6.45, 7) is 0. The topological polar surface area (TPSA) is 0 Å². The Morgan fingerprint density at radius 1 is 0.326 bits per heavy atom. The molecule has 0 saturated carbocycles.